The van der Waals surface area contributed by atoms with Gasteiger partial charge in [0, 0.05) is 0 Å². The Morgan fingerprint density at radius 2 is 1.87 bits per heavy atom. The summed E-state index contributed by atoms with van der Waals surface area (Å²) < 4.78 is 11.1. The number of hydrogen-bond acceptors (Lipinski definition) is 2. The van der Waals surface area contributed by atoms with Gasteiger partial charge in [0.25, 0.3) is 0 Å². The zero-order valence-corrected chi connectivity index (χ0v) is 8.58. The van der Waals surface area contributed by atoms with E-state index in [2.05, 4.69) is 24.3 Å². The van der Waals surface area contributed by atoms with Crippen LogP contribution in [0.1, 0.15) is 24.0 Å². The van der Waals surface area contributed by atoms with E-state index in [0.29, 0.717) is 13.2 Å². The average molecular weight is 201 g/mol. The topological polar surface area (TPSA) is 18.5 Å². The van der Waals surface area contributed by atoms with Gasteiger partial charge < -0.3 is 9.47 Å². The monoisotopic (exact) mass is 201 g/mol. The Balaban J connectivity index is 2.08. The highest BCUT2D eigenvalue weighted by atomic mass is 16.6. The number of ether oxygens (including phenoxy) is 2. The van der Waals surface area contributed by atoms with Gasteiger partial charge in [-0.2, -0.15) is 0 Å². The summed E-state index contributed by atoms with van der Waals surface area (Å²) in [7, 11) is 0. The first-order valence-corrected chi connectivity index (χ1v) is 5.42. The van der Waals surface area contributed by atoms with Gasteiger partial charge in [-0.3, -0.25) is 0 Å². The van der Waals surface area contributed by atoms with Crippen LogP contribution in [0.4, 0.5) is 0 Å². The van der Waals surface area contributed by atoms with Crippen molar-refractivity contribution in [2.45, 2.75) is 19.3 Å². The van der Waals surface area contributed by atoms with Crippen molar-refractivity contribution in [1.29, 1.82) is 0 Å². The van der Waals surface area contributed by atoms with Gasteiger partial charge in [0.1, 0.15) is 13.2 Å². The van der Waals surface area contributed by atoms with Crippen molar-refractivity contribution in [1.82, 2.24) is 0 Å². The number of aryl methyl sites for hydroxylation is 1. The third-order valence-electron chi connectivity index (χ3n) is 2.83. The van der Waals surface area contributed by atoms with Gasteiger partial charge in [-0.1, -0.05) is 6.08 Å². The second-order valence-electron chi connectivity index (χ2n) is 3.90. The van der Waals surface area contributed by atoms with Gasteiger partial charge in [0.05, 0.1) is 0 Å². The van der Waals surface area contributed by atoms with Gasteiger partial charge in [-0.05, 0) is 48.6 Å². The number of hydrogen-bond donors (Lipinski definition) is 0. The van der Waals surface area contributed by atoms with E-state index in [1.165, 1.54) is 17.5 Å². The van der Waals surface area contributed by atoms with E-state index in [1.807, 2.05) is 0 Å². The third kappa shape index (κ3) is 1.60. The minimum absolute atomic E-state index is 0.652. The largest absolute Gasteiger partial charge is 0.486 e. The van der Waals surface area contributed by atoms with E-state index < -0.39 is 0 Å². The summed E-state index contributed by atoms with van der Waals surface area (Å²) in [5.74, 6) is 1.77. The molecule has 1 aliphatic heterocycles. The molecule has 1 aromatic carbocycles. The molecule has 0 fully saturated rings. The van der Waals surface area contributed by atoms with Crippen LogP contribution in [0.15, 0.2) is 12.1 Å². The lowest BCUT2D eigenvalue weighted by Gasteiger charge is -2.20. The molecule has 1 heterocycles. The Bertz CT molecular complexity index is 407. The van der Waals surface area contributed by atoms with Gasteiger partial charge in [-0.15, -0.1) is 0 Å². The number of rotatable bonds is 0. The Morgan fingerprint density at radius 3 is 2.73 bits per heavy atom. The lowest BCUT2D eigenvalue weighted by molar-refractivity contribution is 0.171. The Kier molecular flexibility index (Phi) is 2.13. The van der Waals surface area contributed by atoms with Crippen LogP contribution in [0.5, 0.6) is 11.5 Å². The molecule has 0 unspecified atom stereocenters. The smallest absolute Gasteiger partial charge is 0.161 e. The predicted molar refractivity (Wildman–Crippen MR) is 58.1 cm³/mol. The van der Waals surface area contributed by atoms with Gasteiger partial charge in [0.15, 0.2) is 11.5 Å². The van der Waals surface area contributed by atoms with Crippen molar-refractivity contribution >= 4 is 6.08 Å². The SMILES string of the molecule is [C]1=Cc2cc3c(cc2CCC1)OCCO3. The fraction of sp³-hybridized carbons (Fsp3) is 0.385. The second-order valence-corrected chi connectivity index (χ2v) is 3.90. The Labute approximate surface area is 89.5 Å². The van der Waals surface area contributed by atoms with E-state index in [9.17, 15) is 0 Å². The molecule has 2 aliphatic rings. The molecule has 3 rings (SSSR count). The lowest BCUT2D eigenvalue weighted by Crippen LogP contribution is -2.15. The van der Waals surface area contributed by atoms with Crippen molar-refractivity contribution in [2.75, 3.05) is 13.2 Å². The molecular weight excluding hydrogens is 188 g/mol. The first kappa shape index (κ1) is 8.84. The molecule has 0 saturated heterocycles. The van der Waals surface area contributed by atoms with Crippen LogP contribution < -0.4 is 9.47 Å². The van der Waals surface area contributed by atoms with E-state index in [0.717, 1.165) is 24.3 Å². The molecule has 0 bridgehead atoms. The van der Waals surface area contributed by atoms with Crippen LogP contribution in [0, 0.1) is 6.08 Å². The first-order chi connectivity index (χ1) is 7.43. The minimum Gasteiger partial charge on any atom is -0.486 e. The standard InChI is InChI=1S/C13H13O2/c1-2-4-10-8-12-13(15-7-6-14-12)9-11(10)5-3-1/h5,8-9H,1-2,4,6-7H2. The summed E-state index contributed by atoms with van der Waals surface area (Å²) in [4.78, 5) is 0. The highest BCUT2D eigenvalue weighted by Crippen LogP contribution is 2.35. The van der Waals surface area contributed by atoms with Crippen LogP contribution in [-0.4, -0.2) is 13.2 Å². The average Bonchev–Trinajstić information content (AvgIpc) is 2.50. The zero-order valence-electron chi connectivity index (χ0n) is 8.58. The molecule has 0 N–H and O–H groups in total. The molecule has 77 valence electrons. The Morgan fingerprint density at radius 1 is 1.07 bits per heavy atom. The van der Waals surface area contributed by atoms with E-state index >= 15 is 0 Å². The van der Waals surface area contributed by atoms with Crippen molar-refractivity contribution in [2.24, 2.45) is 0 Å². The fourth-order valence-corrected chi connectivity index (χ4v) is 2.06. The summed E-state index contributed by atoms with van der Waals surface area (Å²) in [6, 6.07) is 4.19. The summed E-state index contributed by atoms with van der Waals surface area (Å²) in [5.41, 5.74) is 2.58. The van der Waals surface area contributed by atoms with Gasteiger partial charge in [-0.25, -0.2) is 0 Å². The maximum Gasteiger partial charge on any atom is 0.161 e. The molecule has 15 heavy (non-hydrogen) atoms. The van der Waals surface area contributed by atoms with Crippen LogP contribution in [0.3, 0.4) is 0 Å². The van der Waals surface area contributed by atoms with Crippen molar-refractivity contribution in [3.8, 4) is 11.5 Å². The molecule has 2 heteroatoms. The predicted octanol–water partition coefficient (Wildman–Crippen LogP) is 2.61. The molecule has 0 amide bonds. The van der Waals surface area contributed by atoms with Crippen LogP contribution in [0.2, 0.25) is 0 Å². The summed E-state index contributed by atoms with van der Waals surface area (Å²) in [5, 5.41) is 0. The van der Waals surface area contributed by atoms with Crippen molar-refractivity contribution in [3.63, 3.8) is 0 Å². The van der Waals surface area contributed by atoms with Crippen LogP contribution in [-0.2, 0) is 6.42 Å². The molecule has 0 aromatic heterocycles. The Hall–Kier alpha value is -1.44. The zero-order chi connectivity index (χ0) is 10.1. The van der Waals surface area contributed by atoms with E-state index in [4.69, 9.17) is 9.47 Å². The highest BCUT2D eigenvalue weighted by Gasteiger charge is 2.15. The number of benzene rings is 1. The van der Waals surface area contributed by atoms with Crippen LogP contribution in [0.25, 0.3) is 6.08 Å². The molecular formula is C13H13O2. The molecule has 1 aromatic rings. The molecule has 0 spiro atoms. The fourth-order valence-electron chi connectivity index (χ4n) is 2.06. The lowest BCUT2D eigenvalue weighted by atomic mass is 10.0. The van der Waals surface area contributed by atoms with Gasteiger partial charge >= 0.3 is 0 Å². The van der Waals surface area contributed by atoms with Crippen molar-refractivity contribution in [3.05, 3.63) is 29.3 Å². The van der Waals surface area contributed by atoms with Crippen molar-refractivity contribution < 1.29 is 9.47 Å². The normalized spacial score (nSPS) is 18.1. The quantitative estimate of drug-likeness (QED) is 0.642. The first-order valence-electron chi connectivity index (χ1n) is 5.42. The summed E-state index contributed by atoms with van der Waals surface area (Å²) >= 11 is 0. The minimum atomic E-state index is 0.652. The maximum atomic E-state index is 5.57. The van der Waals surface area contributed by atoms with E-state index in [1.54, 1.807) is 0 Å². The molecule has 0 saturated carbocycles. The number of allylic oxidation sites excluding steroid dienone is 1. The van der Waals surface area contributed by atoms with Crippen LogP contribution >= 0.6 is 0 Å². The second kappa shape index (κ2) is 3.61. The number of fused-ring (bicyclic) bond motifs is 2. The molecule has 1 radical (unpaired) electrons. The molecule has 2 nitrogen and oxygen atoms in total. The summed E-state index contributed by atoms with van der Waals surface area (Å²) in [6.07, 6.45) is 8.68. The van der Waals surface area contributed by atoms with E-state index in [-0.39, 0.29) is 0 Å². The maximum absolute atomic E-state index is 5.57. The molecule has 1 aliphatic carbocycles. The summed E-state index contributed by atoms with van der Waals surface area (Å²) in [6.45, 7) is 1.31. The highest BCUT2D eigenvalue weighted by molar-refractivity contribution is 5.60. The molecule has 0 atom stereocenters. The third-order valence-corrected chi connectivity index (χ3v) is 2.83. The van der Waals surface area contributed by atoms with Gasteiger partial charge in [0.2, 0.25) is 0 Å².